The molecule has 0 amide bonds. The van der Waals surface area contributed by atoms with E-state index in [2.05, 4.69) is 10.00 Å². The van der Waals surface area contributed by atoms with Gasteiger partial charge in [0, 0.05) is 25.2 Å². The van der Waals surface area contributed by atoms with Gasteiger partial charge in [-0.2, -0.15) is 5.10 Å². The van der Waals surface area contributed by atoms with Gasteiger partial charge in [-0.05, 0) is 32.1 Å². The number of nitrogens with two attached hydrogens (primary N) is 1. The monoisotopic (exact) mass is 279 g/mol. The molecule has 2 bridgehead atoms. The first-order valence-electron chi connectivity index (χ1n) is 7.27. The zero-order valence-corrected chi connectivity index (χ0v) is 12.0. The molecule has 2 aliphatic rings. The van der Waals surface area contributed by atoms with Gasteiger partial charge >= 0.3 is 5.69 Å². The Morgan fingerprint density at radius 3 is 2.50 bits per heavy atom. The lowest BCUT2D eigenvalue weighted by Crippen LogP contribution is -2.48. The molecular weight excluding hydrogens is 258 g/mol. The molecule has 2 saturated heterocycles. The van der Waals surface area contributed by atoms with Crippen molar-refractivity contribution in [1.29, 1.82) is 0 Å². The van der Waals surface area contributed by atoms with Crippen molar-refractivity contribution in [2.75, 3.05) is 4.90 Å². The second kappa shape index (κ2) is 4.73. The van der Waals surface area contributed by atoms with E-state index in [1.54, 1.807) is 11.7 Å². The summed E-state index contributed by atoms with van der Waals surface area (Å²) in [6.07, 6.45) is 4.55. The average Bonchev–Trinajstić information content (AvgIpc) is 2.84. The molecule has 7 heteroatoms. The molecule has 2 fully saturated rings. The Hall–Kier alpha value is -1.63. The third-order valence-electron chi connectivity index (χ3n) is 4.59. The summed E-state index contributed by atoms with van der Waals surface area (Å²) in [4.78, 5) is 13.4. The number of fused-ring (bicyclic) bond motifs is 2. The molecule has 2 N–H and O–H groups in total. The number of aryl methyl sites for hydroxylation is 2. The first-order chi connectivity index (χ1) is 9.52. The van der Waals surface area contributed by atoms with Crippen LogP contribution in [0.5, 0.6) is 0 Å². The van der Waals surface area contributed by atoms with E-state index in [1.807, 2.05) is 6.92 Å². The maximum absolute atomic E-state index is 11.5. The highest BCUT2D eigenvalue weighted by Gasteiger charge is 2.44. The van der Waals surface area contributed by atoms with Crippen LogP contribution < -0.4 is 10.6 Å². The molecule has 2 atom stereocenters. The number of piperidine rings is 1. The van der Waals surface area contributed by atoms with E-state index in [0.29, 0.717) is 30.0 Å². The second-order valence-electron chi connectivity index (χ2n) is 5.88. The lowest BCUT2D eigenvalue weighted by atomic mass is 9.98. The van der Waals surface area contributed by atoms with E-state index in [-0.39, 0.29) is 16.7 Å². The highest BCUT2D eigenvalue weighted by atomic mass is 16.6. The van der Waals surface area contributed by atoms with Crippen LogP contribution in [0, 0.1) is 10.1 Å². The third kappa shape index (κ3) is 1.88. The Balaban J connectivity index is 2.07. The van der Waals surface area contributed by atoms with Crippen LogP contribution in [0.1, 0.15) is 38.3 Å². The van der Waals surface area contributed by atoms with E-state index in [9.17, 15) is 10.1 Å². The summed E-state index contributed by atoms with van der Waals surface area (Å²) < 4.78 is 1.68. The Labute approximate surface area is 117 Å². The number of anilines is 1. The minimum atomic E-state index is -0.283. The van der Waals surface area contributed by atoms with E-state index in [0.717, 1.165) is 25.7 Å². The molecule has 1 aromatic rings. The van der Waals surface area contributed by atoms with Gasteiger partial charge < -0.3 is 10.6 Å². The van der Waals surface area contributed by atoms with E-state index >= 15 is 0 Å². The first-order valence-corrected chi connectivity index (χ1v) is 7.27. The summed E-state index contributed by atoms with van der Waals surface area (Å²) in [6, 6.07) is 0.867. The number of hydrogen-bond donors (Lipinski definition) is 1. The molecule has 0 aromatic carbocycles. The van der Waals surface area contributed by atoms with Gasteiger partial charge in [-0.3, -0.25) is 10.1 Å². The smallest absolute Gasteiger partial charge is 0.334 e. The fraction of sp³-hybridized carbons (Fsp3) is 0.769. The van der Waals surface area contributed by atoms with Gasteiger partial charge in [-0.25, -0.2) is 4.68 Å². The summed E-state index contributed by atoms with van der Waals surface area (Å²) in [7, 11) is 1.80. The Bertz CT molecular complexity index is 527. The molecule has 3 rings (SSSR count). The fourth-order valence-corrected chi connectivity index (χ4v) is 3.84. The standard InChI is InChI=1S/C13H21N5O2/c1-3-11-12(18(19)20)13(16(2)15-11)17-9-4-5-10(17)7-8(14)6-9/h8-10H,3-7,14H2,1-2H3. The number of aromatic nitrogens is 2. The van der Waals surface area contributed by atoms with Crippen LogP contribution in [-0.4, -0.2) is 32.8 Å². The van der Waals surface area contributed by atoms with Crippen molar-refractivity contribution in [1.82, 2.24) is 9.78 Å². The normalized spacial score (nSPS) is 28.9. The molecule has 7 nitrogen and oxygen atoms in total. The van der Waals surface area contributed by atoms with E-state index < -0.39 is 0 Å². The fourth-order valence-electron chi connectivity index (χ4n) is 3.84. The highest BCUT2D eigenvalue weighted by molar-refractivity contribution is 5.63. The van der Waals surface area contributed by atoms with Crippen LogP contribution in [0.4, 0.5) is 11.5 Å². The number of nitrogens with zero attached hydrogens (tertiary/aromatic N) is 4. The summed E-state index contributed by atoms with van der Waals surface area (Å²) in [5, 5.41) is 15.8. The van der Waals surface area contributed by atoms with Crippen LogP contribution in [0.2, 0.25) is 0 Å². The largest absolute Gasteiger partial charge is 0.345 e. The number of rotatable bonds is 3. The van der Waals surface area contributed by atoms with Crippen LogP contribution in [-0.2, 0) is 13.5 Å². The molecule has 2 unspecified atom stereocenters. The van der Waals surface area contributed by atoms with Gasteiger partial charge in [0.05, 0.1) is 4.92 Å². The van der Waals surface area contributed by atoms with Gasteiger partial charge in [0.15, 0.2) is 0 Å². The zero-order chi connectivity index (χ0) is 14.4. The van der Waals surface area contributed by atoms with Gasteiger partial charge in [0.2, 0.25) is 5.82 Å². The van der Waals surface area contributed by atoms with Gasteiger partial charge in [0.25, 0.3) is 0 Å². The molecule has 110 valence electrons. The van der Waals surface area contributed by atoms with E-state index in [1.165, 1.54) is 0 Å². The molecule has 20 heavy (non-hydrogen) atoms. The molecule has 3 heterocycles. The molecule has 1 aromatic heterocycles. The predicted octanol–water partition coefficient (Wildman–Crippen LogP) is 1.35. The topological polar surface area (TPSA) is 90.2 Å². The molecule has 0 spiro atoms. The minimum absolute atomic E-state index is 0.183. The molecule has 2 aliphatic heterocycles. The summed E-state index contributed by atoms with van der Waals surface area (Å²) in [5.41, 5.74) is 6.83. The average molecular weight is 279 g/mol. The second-order valence-corrected chi connectivity index (χ2v) is 5.88. The van der Waals surface area contributed by atoms with E-state index in [4.69, 9.17) is 5.73 Å². The number of nitro groups is 1. The maximum Gasteiger partial charge on any atom is 0.334 e. The first kappa shape index (κ1) is 13.4. The maximum atomic E-state index is 11.5. The Morgan fingerprint density at radius 2 is 2.00 bits per heavy atom. The van der Waals surface area contributed by atoms with Crippen molar-refractivity contribution < 1.29 is 4.92 Å². The van der Waals surface area contributed by atoms with Crippen LogP contribution in [0.25, 0.3) is 0 Å². The quantitative estimate of drug-likeness (QED) is 0.666. The van der Waals surface area contributed by atoms with Gasteiger partial charge in [-0.1, -0.05) is 6.92 Å². The molecule has 0 aliphatic carbocycles. The van der Waals surface area contributed by atoms with Crippen LogP contribution in [0.3, 0.4) is 0 Å². The van der Waals surface area contributed by atoms with Crippen molar-refractivity contribution >= 4 is 11.5 Å². The van der Waals surface area contributed by atoms with Crippen molar-refractivity contribution in [3.8, 4) is 0 Å². The summed E-state index contributed by atoms with van der Waals surface area (Å²) in [5.74, 6) is 0.672. The van der Waals surface area contributed by atoms with Crippen LogP contribution in [0.15, 0.2) is 0 Å². The molecule has 0 radical (unpaired) electrons. The Morgan fingerprint density at radius 1 is 1.40 bits per heavy atom. The van der Waals surface area contributed by atoms with Crippen molar-refractivity contribution in [2.45, 2.75) is 57.2 Å². The minimum Gasteiger partial charge on any atom is -0.345 e. The van der Waals surface area contributed by atoms with Crippen molar-refractivity contribution in [3.05, 3.63) is 15.8 Å². The van der Waals surface area contributed by atoms with Crippen molar-refractivity contribution in [3.63, 3.8) is 0 Å². The highest BCUT2D eigenvalue weighted by Crippen LogP contribution is 2.43. The Kier molecular flexibility index (Phi) is 3.16. The molecular formula is C13H21N5O2. The van der Waals surface area contributed by atoms with Gasteiger partial charge in [0.1, 0.15) is 5.69 Å². The van der Waals surface area contributed by atoms with Crippen LogP contribution >= 0.6 is 0 Å². The zero-order valence-electron chi connectivity index (χ0n) is 12.0. The van der Waals surface area contributed by atoms with Crippen molar-refractivity contribution in [2.24, 2.45) is 12.8 Å². The lowest BCUT2D eigenvalue weighted by Gasteiger charge is -2.38. The SMILES string of the molecule is CCc1nn(C)c(N2C3CCC2CC(N)C3)c1[N+](=O)[O-]. The van der Waals surface area contributed by atoms with Gasteiger partial charge in [-0.15, -0.1) is 0 Å². The predicted molar refractivity (Wildman–Crippen MR) is 75.7 cm³/mol. The summed E-state index contributed by atoms with van der Waals surface area (Å²) >= 11 is 0. The lowest BCUT2D eigenvalue weighted by molar-refractivity contribution is -0.384. The number of hydrogen-bond acceptors (Lipinski definition) is 5. The summed E-state index contributed by atoms with van der Waals surface area (Å²) in [6.45, 7) is 1.90. The third-order valence-corrected chi connectivity index (χ3v) is 4.59. The molecule has 0 saturated carbocycles.